The lowest BCUT2D eigenvalue weighted by Crippen LogP contribution is -2.29. The molecule has 68 valence electrons. The summed E-state index contributed by atoms with van der Waals surface area (Å²) in [6.45, 7) is 1.72. The second-order valence-electron chi connectivity index (χ2n) is 2.78. The molecule has 1 aliphatic rings. The zero-order chi connectivity index (χ0) is 9.35. The first-order valence-electron chi connectivity index (χ1n) is 3.48. The molecule has 0 aromatic rings. The van der Waals surface area contributed by atoms with Crippen molar-refractivity contribution in [3.05, 3.63) is 23.8 Å². The zero-order valence-electron chi connectivity index (χ0n) is 6.40. The summed E-state index contributed by atoms with van der Waals surface area (Å²) in [4.78, 5) is 0. The van der Waals surface area contributed by atoms with E-state index in [4.69, 9.17) is 11.6 Å². The first-order chi connectivity index (χ1) is 5.41. The van der Waals surface area contributed by atoms with Gasteiger partial charge in [0.2, 0.25) is 0 Å². The molecule has 0 saturated heterocycles. The average molecular weight is 197 g/mol. The Labute approximate surface area is 73.7 Å². The Bertz CT molecular complexity index is 227. The lowest BCUT2D eigenvalue weighted by Gasteiger charge is -2.22. The van der Waals surface area contributed by atoms with Gasteiger partial charge in [-0.1, -0.05) is 23.8 Å². The largest absolute Gasteiger partial charge is 0.396 e. The minimum absolute atomic E-state index is 0.774. The Morgan fingerprint density at radius 2 is 2.00 bits per heavy atom. The predicted octanol–water partition coefficient (Wildman–Crippen LogP) is 3.29. The van der Waals surface area contributed by atoms with Crippen LogP contribution >= 0.6 is 11.6 Å². The molecule has 1 rings (SSSR count). The lowest BCUT2D eigenvalue weighted by molar-refractivity contribution is -0.159. The Morgan fingerprint density at radius 3 is 2.42 bits per heavy atom. The second kappa shape index (κ2) is 3.13. The van der Waals surface area contributed by atoms with Gasteiger partial charge in [0.25, 0.3) is 0 Å². The standard InChI is InChI=1S/C8H8ClF3/c1-5-2-3-6(7(9)4-5)8(10,11)12/h2-4,6-7H,1H3/t6-,7?/m0/s1. The van der Waals surface area contributed by atoms with E-state index in [0.717, 1.165) is 11.6 Å². The zero-order valence-corrected chi connectivity index (χ0v) is 7.15. The number of rotatable bonds is 0. The fourth-order valence-corrected chi connectivity index (χ4v) is 1.49. The lowest BCUT2D eigenvalue weighted by atomic mass is 9.96. The monoisotopic (exact) mass is 196 g/mol. The molecule has 0 N–H and O–H groups in total. The Balaban J connectivity index is 2.80. The summed E-state index contributed by atoms with van der Waals surface area (Å²) in [6, 6.07) is 0. The Morgan fingerprint density at radius 1 is 1.42 bits per heavy atom. The van der Waals surface area contributed by atoms with Crippen molar-refractivity contribution in [2.45, 2.75) is 18.5 Å². The average Bonchev–Trinajstić information content (AvgIpc) is 1.83. The molecule has 0 amide bonds. The van der Waals surface area contributed by atoms with Gasteiger partial charge in [-0.3, -0.25) is 0 Å². The van der Waals surface area contributed by atoms with Crippen LogP contribution in [0.2, 0.25) is 0 Å². The van der Waals surface area contributed by atoms with Crippen LogP contribution in [-0.4, -0.2) is 11.6 Å². The number of alkyl halides is 4. The molecule has 0 nitrogen and oxygen atoms in total. The Kier molecular flexibility index (Phi) is 2.52. The van der Waals surface area contributed by atoms with Gasteiger partial charge in [0.05, 0.1) is 11.3 Å². The summed E-state index contributed by atoms with van der Waals surface area (Å²) in [5, 5.41) is -0.963. The molecule has 0 fully saturated rings. The first kappa shape index (κ1) is 9.65. The molecule has 2 atom stereocenters. The maximum atomic E-state index is 12.2. The second-order valence-corrected chi connectivity index (χ2v) is 3.29. The van der Waals surface area contributed by atoms with Crippen molar-refractivity contribution < 1.29 is 13.2 Å². The highest BCUT2D eigenvalue weighted by Crippen LogP contribution is 2.35. The summed E-state index contributed by atoms with van der Waals surface area (Å²) in [7, 11) is 0. The molecule has 0 aliphatic heterocycles. The van der Waals surface area contributed by atoms with Crippen LogP contribution in [0.1, 0.15) is 6.92 Å². The molecule has 0 heterocycles. The van der Waals surface area contributed by atoms with E-state index >= 15 is 0 Å². The van der Waals surface area contributed by atoms with Gasteiger partial charge in [-0.2, -0.15) is 13.2 Å². The molecule has 4 heteroatoms. The van der Waals surface area contributed by atoms with Crippen molar-refractivity contribution in [3.8, 4) is 0 Å². The van der Waals surface area contributed by atoms with Crippen LogP contribution in [0, 0.1) is 5.92 Å². The van der Waals surface area contributed by atoms with Gasteiger partial charge in [0.15, 0.2) is 0 Å². The molecule has 0 radical (unpaired) electrons. The van der Waals surface area contributed by atoms with E-state index in [0.29, 0.717) is 0 Å². The highest BCUT2D eigenvalue weighted by Gasteiger charge is 2.42. The van der Waals surface area contributed by atoms with Crippen LogP contribution in [0.25, 0.3) is 0 Å². The fourth-order valence-electron chi connectivity index (χ4n) is 1.06. The van der Waals surface area contributed by atoms with Gasteiger partial charge < -0.3 is 0 Å². The smallest absolute Gasteiger partial charge is 0.170 e. The molecule has 0 aromatic heterocycles. The van der Waals surface area contributed by atoms with Gasteiger partial charge >= 0.3 is 6.18 Å². The minimum Gasteiger partial charge on any atom is -0.170 e. The van der Waals surface area contributed by atoms with Crippen LogP contribution < -0.4 is 0 Å². The summed E-state index contributed by atoms with van der Waals surface area (Å²) in [6.07, 6.45) is -0.274. The summed E-state index contributed by atoms with van der Waals surface area (Å²) in [5.74, 6) is -1.54. The predicted molar refractivity (Wildman–Crippen MR) is 42.1 cm³/mol. The van der Waals surface area contributed by atoms with Crippen LogP contribution in [-0.2, 0) is 0 Å². The summed E-state index contributed by atoms with van der Waals surface area (Å²) < 4.78 is 36.5. The molecular weight excluding hydrogens is 189 g/mol. The molecule has 0 aromatic carbocycles. The number of hydrogen-bond acceptors (Lipinski definition) is 0. The van der Waals surface area contributed by atoms with Crippen molar-refractivity contribution in [2.24, 2.45) is 5.92 Å². The first-order valence-corrected chi connectivity index (χ1v) is 3.92. The van der Waals surface area contributed by atoms with Gasteiger partial charge in [-0.15, -0.1) is 11.6 Å². The van der Waals surface area contributed by atoms with E-state index in [9.17, 15) is 13.2 Å². The Hall–Kier alpha value is -0.440. The van der Waals surface area contributed by atoms with E-state index in [1.807, 2.05) is 0 Å². The van der Waals surface area contributed by atoms with Gasteiger partial charge in [0, 0.05) is 0 Å². The van der Waals surface area contributed by atoms with Gasteiger partial charge in [0.1, 0.15) is 0 Å². The van der Waals surface area contributed by atoms with Gasteiger partial charge in [-0.05, 0) is 6.92 Å². The summed E-state index contributed by atoms with van der Waals surface area (Å²) in [5.41, 5.74) is 0.774. The van der Waals surface area contributed by atoms with Crippen molar-refractivity contribution >= 4 is 11.6 Å². The third-order valence-electron chi connectivity index (χ3n) is 1.71. The third-order valence-corrected chi connectivity index (χ3v) is 2.11. The maximum Gasteiger partial charge on any atom is 0.396 e. The molecule has 0 spiro atoms. The van der Waals surface area contributed by atoms with Gasteiger partial charge in [-0.25, -0.2) is 0 Å². The van der Waals surface area contributed by atoms with Crippen molar-refractivity contribution in [3.63, 3.8) is 0 Å². The summed E-state index contributed by atoms with van der Waals surface area (Å²) >= 11 is 5.51. The van der Waals surface area contributed by atoms with E-state index in [2.05, 4.69) is 0 Å². The highest BCUT2D eigenvalue weighted by molar-refractivity contribution is 6.22. The van der Waals surface area contributed by atoms with Crippen LogP contribution in [0.4, 0.5) is 13.2 Å². The molecule has 12 heavy (non-hydrogen) atoms. The van der Waals surface area contributed by atoms with Crippen LogP contribution in [0.3, 0.4) is 0 Å². The van der Waals surface area contributed by atoms with E-state index in [1.54, 1.807) is 6.92 Å². The topological polar surface area (TPSA) is 0 Å². The number of hydrogen-bond donors (Lipinski definition) is 0. The third kappa shape index (κ3) is 2.03. The van der Waals surface area contributed by atoms with Crippen molar-refractivity contribution in [1.82, 2.24) is 0 Å². The minimum atomic E-state index is -4.24. The van der Waals surface area contributed by atoms with E-state index < -0.39 is 17.5 Å². The number of halogens is 4. The highest BCUT2D eigenvalue weighted by atomic mass is 35.5. The SMILES string of the molecule is CC1=CC(Cl)[C@@H](C(F)(F)F)C=C1. The normalized spacial score (nSPS) is 30.2. The van der Waals surface area contributed by atoms with E-state index in [-0.39, 0.29) is 0 Å². The molecule has 1 aliphatic carbocycles. The van der Waals surface area contributed by atoms with Crippen molar-refractivity contribution in [2.75, 3.05) is 0 Å². The molecular formula is C8H8ClF3. The van der Waals surface area contributed by atoms with Crippen LogP contribution in [0.5, 0.6) is 0 Å². The molecule has 0 saturated carbocycles. The quantitative estimate of drug-likeness (QED) is 0.522. The molecule has 1 unspecified atom stereocenters. The molecule has 0 bridgehead atoms. The maximum absolute atomic E-state index is 12.2. The fraction of sp³-hybridized carbons (Fsp3) is 0.500. The van der Waals surface area contributed by atoms with Crippen LogP contribution in [0.15, 0.2) is 23.8 Å². The van der Waals surface area contributed by atoms with E-state index in [1.165, 1.54) is 12.2 Å². The van der Waals surface area contributed by atoms with Crippen molar-refractivity contribution in [1.29, 1.82) is 0 Å². The number of allylic oxidation sites excluding steroid dienone is 4.